The molecule has 1 aromatic rings. The highest BCUT2D eigenvalue weighted by molar-refractivity contribution is 5.91. The molecule has 0 aromatic heterocycles. The smallest absolute Gasteiger partial charge is 0.267 e. The lowest BCUT2D eigenvalue weighted by Gasteiger charge is -2.00. The van der Waals surface area contributed by atoms with Gasteiger partial charge in [0, 0.05) is 11.6 Å². The molecule has 3 N–H and O–H groups in total. The maximum Gasteiger partial charge on any atom is 0.267 e. The van der Waals surface area contributed by atoms with E-state index in [2.05, 4.69) is 4.84 Å². The summed E-state index contributed by atoms with van der Waals surface area (Å²) in [7, 11) is 0. The van der Waals surface area contributed by atoms with Crippen molar-refractivity contribution in [1.29, 1.82) is 0 Å². The monoisotopic (exact) mass is 238 g/mol. The summed E-state index contributed by atoms with van der Waals surface area (Å²) in [6.07, 6.45) is 2.37. The summed E-state index contributed by atoms with van der Waals surface area (Å²) in [4.78, 5) is 25.9. The molecule has 6 heteroatoms. The molecule has 1 aromatic carbocycles. The van der Waals surface area contributed by atoms with E-state index in [4.69, 9.17) is 5.73 Å². The van der Waals surface area contributed by atoms with E-state index >= 15 is 0 Å². The van der Waals surface area contributed by atoms with Crippen LogP contribution in [0.25, 0.3) is 6.08 Å². The van der Waals surface area contributed by atoms with Gasteiger partial charge in [0.15, 0.2) is 6.61 Å². The van der Waals surface area contributed by atoms with Crippen molar-refractivity contribution in [2.24, 2.45) is 5.73 Å². The second-order valence-corrected chi connectivity index (χ2v) is 3.08. The molecule has 0 atom stereocenters. The van der Waals surface area contributed by atoms with Gasteiger partial charge < -0.3 is 5.73 Å². The van der Waals surface area contributed by atoms with E-state index in [0.717, 1.165) is 6.08 Å². The fourth-order valence-corrected chi connectivity index (χ4v) is 0.988. The minimum absolute atomic E-state index is 0.276. The maximum atomic E-state index is 13.1. The molecule has 0 aliphatic rings. The normalized spacial score (nSPS) is 10.4. The number of carbonyl (C=O) groups is 2. The van der Waals surface area contributed by atoms with E-state index in [0.29, 0.717) is 0 Å². The molecule has 0 bridgehead atoms. The van der Waals surface area contributed by atoms with E-state index in [1.54, 1.807) is 12.1 Å². The first-order chi connectivity index (χ1) is 8.09. The van der Waals surface area contributed by atoms with Crippen molar-refractivity contribution in [3.05, 3.63) is 41.7 Å². The lowest BCUT2D eigenvalue weighted by atomic mass is 10.2. The molecule has 5 nitrogen and oxygen atoms in total. The average Bonchev–Trinajstić information content (AvgIpc) is 2.27. The van der Waals surface area contributed by atoms with Gasteiger partial charge in [0.05, 0.1) is 0 Å². The zero-order valence-electron chi connectivity index (χ0n) is 8.85. The number of nitrogens with one attached hydrogen (secondary N) is 1. The third kappa shape index (κ3) is 4.89. The Labute approximate surface area is 97.0 Å². The van der Waals surface area contributed by atoms with Crippen molar-refractivity contribution in [2.45, 2.75) is 0 Å². The van der Waals surface area contributed by atoms with Crippen LogP contribution in [0.4, 0.5) is 4.39 Å². The molecule has 0 saturated carbocycles. The van der Waals surface area contributed by atoms with Crippen molar-refractivity contribution in [1.82, 2.24) is 5.48 Å². The number of benzene rings is 1. The minimum atomic E-state index is -0.705. The number of primary amides is 1. The highest BCUT2D eigenvalue weighted by Gasteiger charge is 1.99. The number of hydrogen-bond acceptors (Lipinski definition) is 3. The Bertz CT molecular complexity index is 446. The van der Waals surface area contributed by atoms with Gasteiger partial charge in [-0.2, -0.15) is 0 Å². The van der Waals surface area contributed by atoms with E-state index in [1.807, 2.05) is 5.48 Å². The van der Waals surface area contributed by atoms with Crippen LogP contribution in [-0.2, 0) is 14.4 Å². The molecular formula is C11H11FN2O3. The third-order valence-electron chi connectivity index (χ3n) is 1.71. The predicted molar refractivity (Wildman–Crippen MR) is 58.7 cm³/mol. The fraction of sp³-hybridized carbons (Fsp3) is 0.0909. The molecular weight excluding hydrogens is 227 g/mol. The summed E-state index contributed by atoms with van der Waals surface area (Å²) in [5.41, 5.74) is 7.01. The zero-order valence-corrected chi connectivity index (χ0v) is 8.85. The molecule has 0 unspecified atom stereocenters. The van der Waals surface area contributed by atoms with Crippen LogP contribution in [-0.4, -0.2) is 18.4 Å². The van der Waals surface area contributed by atoms with Crippen LogP contribution in [0.1, 0.15) is 5.56 Å². The first-order valence-electron chi connectivity index (χ1n) is 4.72. The van der Waals surface area contributed by atoms with Crippen LogP contribution < -0.4 is 11.2 Å². The summed E-state index contributed by atoms with van der Waals surface area (Å²) < 4.78 is 13.1. The number of hydroxylamine groups is 1. The van der Waals surface area contributed by atoms with Gasteiger partial charge in [-0.05, 0) is 12.1 Å². The highest BCUT2D eigenvalue weighted by Crippen LogP contribution is 2.07. The summed E-state index contributed by atoms with van der Waals surface area (Å²) in [6, 6.07) is 5.98. The summed E-state index contributed by atoms with van der Waals surface area (Å²) in [5.74, 6) is -1.76. The lowest BCUT2D eigenvalue weighted by molar-refractivity contribution is -0.134. The Hall–Kier alpha value is -2.21. The quantitative estimate of drug-likeness (QED) is 0.574. The summed E-state index contributed by atoms with van der Waals surface area (Å²) >= 11 is 0. The molecule has 0 saturated heterocycles. The van der Waals surface area contributed by atoms with Gasteiger partial charge in [0.25, 0.3) is 5.91 Å². The van der Waals surface area contributed by atoms with E-state index in [-0.39, 0.29) is 5.56 Å². The summed E-state index contributed by atoms with van der Waals surface area (Å²) in [6.45, 7) is -0.417. The van der Waals surface area contributed by atoms with Crippen LogP contribution in [0, 0.1) is 5.82 Å². The Morgan fingerprint density at radius 3 is 2.76 bits per heavy atom. The molecule has 0 spiro atoms. The largest absolute Gasteiger partial charge is 0.368 e. The van der Waals surface area contributed by atoms with Gasteiger partial charge in [-0.25, -0.2) is 9.87 Å². The number of carbonyl (C=O) groups excluding carboxylic acids is 2. The van der Waals surface area contributed by atoms with Crippen molar-refractivity contribution >= 4 is 17.9 Å². The topological polar surface area (TPSA) is 81.4 Å². The molecule has 0 radical (unpaired) electrons. The third-order valence-corrected chi connectivity index (χ3v) is 1.71. The van der Waals surface area contributed by atoms with Crippen LogP contribution in [0.15, 0.2) is 30.3 Å². The van der Waals surface area contributed by atoms with Gasteiger partial charge >= 0.3 is 0 Å². The molecule has 1 rings (SSSR count). The molecule has 90 valence electrons. The Balaban J connectivity index is 2.46. The fourth-order valence-electron chi connectivity index (χ4n) is 0.988. The number of amides is 2. The van der Waals surface area contributed by atoms with E-state index < -0.39 is 24.2 Å². The Morgan fingerprint density at radius 2 is 2.12 bits per heavy atom. The molecule has 0 aliphatic heterocycles. The molecule has 0 heterocycles. The second kappa shape index (κ2) is 6.39. The van der Waals surface area contributed by atoms with Crippen molar-refractivity contribution in [3.63, 3.8) is 0 Å². The van der Waals surface area contributed by atoms with Crippen LogP contribution in [0.2, 0.25) is 0 Å². The van der Waals surface area contributed by atoms with Crippen molar-refractivity contribution < 1.29 is 18.8 Å². The van der Waals surface area contributed by atoms with Crippen molar-refractivity contribution in [2.75, 3.05) is 6.61 Å². The van der Waals surface area contributed by atoms with Gasteiger partial charge in [0.1, 0.15) is 5.82 Å². The number of rotatable bonds is 5. The molecule has 0 fully saturated rings. The SMILES string of the molecule is NC(=O)CONC(=O)/C=C/c1ccccc1F. The minimum Gasteiger partial charge on any atom is -0.368 e. The van der Waals surface area contributed by atoms with E-state index in [1.165, 1.54) is 18.2 Å². The predicted octanol–water partition coefficient (Wildman–Crippen LogP) is 0.372. The molecule has 0 aliphatic carbocycles. The molecule has 2 amide bonds. The van der Waals surface area contributed by atoms with Crippen molar-refractivity contribution in [3.8, 4) is 0 Å². The van der Waals surface area contributed by atoms with E-state index in [9.17, 15) is 14.0 Å². The highest BCUT2D eigenvalue weighted by atomic mass is 19.1. The lowest BCUT2D eigenvalue weighted by Crippen LogP contribution is -2.28. The van der Waals surface area contributed by atoms with Gasteiger partial charge in [-0.3, -0.25) is 14.4 Å². The second-order valence-electron chi connectivity index (χ2n) is 3.08. The van der Waals surface area contributed by atoms with Crippen LogP contribution in [0.3, 0.4) is 0 Å². The van der Waals surface area contributed by atoms with Gasteiger partial charge in [0.2, 0.25) is 5.91 Å². The van der Waals surface area contributed by atoms with Gasteiger partial charge in [-0.15, -0.1) is 0 Å². The van der Waals surface area contributed by atoms with Gasteiger partial charge in [-0.1, -0.05) is 18.2 Å². The number of hydrogen-bond donors (Lipinski definition) is 2. The van der Waals surface area contributed by atoms with Crippen LogP contribution in [0.5, 0.6) is 0 Å². The maximum absolute atomic E-state index is 13.1. The summed E-state index contributed by atoms with van der Waals surface area (Å²) in [5, 5.41) is 0. The molecule has 17 heavy (non-hydrogen) atoms. The Kier molecular flexibility index (Phi) is 4.83. The standard InChI is InChI=1S/C11H11FN2O3/c12-9-4-2-1-3-8(9)5-6-11(16)14-17-7-10(13)15/h1-6H,7H2,(H2,13,15)(H,14,16)/b6-5+. The first kappa shape index (κ1) is 12.9. The average molecular weight is 238 g/mol. The first-order valence-corrected chi connectivity index (χ1v) is 4.72. The zero-order chi connectivity index (χ0) is 12.7. The number of nitrogens with two attached hydrogens (primary N) is 1. The number of halogens is 1. The van der Waals surface area contributed by atoms with Crippen LogP contribution >= 0.6 is 0 Å². The Morgan fingerprint density at radius 1 is 1.41 bits per heavy atom.